The van der Waals surface area contributed by atoms with Gasteiger partial charge >= 0.3 is 6.18 Å². The van der Waals surface area contributed by atoms with Crippen molar-refractivity contribution in [2.24, 2.45) is 10.7 Å². The van der Waals surface area contributed by atoms with E-state index < -0.39 is 18.5 Å². The summed E-state index contributed by atoms with van der Waals surface area (Å²) in [7, 11) is 0. The molecule has 0 saturated carbocycles. The van der Waals surface area contributed by atoms with Gasteiger partial charge in [0.25, 0.3) is 0 Å². The summed E-state index contributed by atoms with van der Waals surface area (Å²) < 4.78 is 35.5. The van der Waals surface area contributed by atoms with Gasteiger partial charge in [-0.2, -0.15) is 13.2 Å². The molecule has 1 rings (SSSR count). The van der Waals surface area contributed by atoms with E-state index in [9.17, 15) is 13.2 Å². The lowest BCUT2D eigenvalue weighted by molar-refractivity contribution is -0.123. The third kappa shape index (κ3) is 3.65. The monoisotopic (exact) mass is 208 g/mol. The first kappa shape index (κ1) is 10.8. The highest BCUT2D eigenvalue weighted by molar-refractivity contribution is 5.73. The number of aliphatic imine (C=N–C) groups is 1. The highest BCUT2D eigenvalue weighted by Crippen LogP contribution is 2.13. The van der Waals surface area contributed by atoms with Gasteiger partial charge in [-0.15, -0.1) is 0 Å². The summed E-state index contributed by atoms with van der Waals surface area (Å²) in [5.41, 5.74) is 5.54. The maximum absolute atomic E-state index is 11.8. The van der Waals surface area contributed by atoms with Crippen molar-refractivity contribution >= 4 is 6.21 Å². The number of hydrogen-bond donors (Lipinski definition) is 3. The highest BCUT2D eigenvalue weighted by atomic mass is 19.4. The molecule has 0 radical (unpaired) electrons. The van der Waals surface area contributed by atoms with Crippen LogP contribution in [0, 0.1) is 0 Å². The number of nitrogens with one attached hydrogen (secondary N) is 2. The van der Waals surface area contributed by atoms with Gasteiger partial charge in [0, 0.05) is 6.21 Å². The van der Waals surface area contributed by atoms with E-state index in [1.807, 2.05) is 0 Å². The largest absolute Gasteiger partial charge is 0.405 e. The molecule has 7 heteroatoms. The Morgan fingerprint density at radius 2 is 2.29 bits per heavy atom. The van der Waals surface area contributed by atoms with Crippen LogP contribution in [-0.4, -0.2) is 24.7 Å². The Bertz CT molecular complexity index is 267. The molecule has 0 aromatic heterocycles. The molecule has 1 heterocycles. The van der Waals surface area contributed by atoms with Crippen molar-refractivity contribution in [2.45, 2.75) is 18.9 Å². The predicted octanol–water partition coefficient (Wildman–Crippen LogP) is 0.286. The minimum absolute atomic E-state index is 0.210. The van der Waals surface area contributed by atoms with Crippen molar-refractivity contribution in [3.63, 3.8) is 0 Å². The Labute approximate surface area is 79.1 Å². The van der Waals surface area contributed by atoms with E-state index in [0.717, 1.165) is 0 Å². The lowest BCUT2D eigenvalue weighted by Gasteiger charge is -2.27. The quantitative estimate of drug-likeness (QED) is 0.611. The fourth-order valence-corrected chi connectivity index (χ4v) is 0.912. The number of nitrogens with zero attached hydrogens (tertiary/aromatic N) is 1. The van der Waals surface area contributed by atoms with Crippen LogP contribution in [0.1, 0.15) is 6.92 Å². The number of nitrogens with two attached hydrogens (primary N) is 1. The summed E-state index contributed by atoms with van der Waals surface area (Å²) in [5.74, 6) is -0.842. The van der Waals surface area contributed by atoms with Gasteiger partial charge < -0.3 is 10.6 Å². The topological polar surface area (TPSA) is 62.4 Å². The van der Waals surface area contributed by atoms with Crippen LogP contribution in [0.2, 0.25) is 0 Å². The molecule has 1 aliphatic heterocycles. The van der Waals surface area contributed by atoms with Gasteiger partial charge in [0.2, 0.25) is 0 Å². The van der Waals surface area contributed by atoms with Crippen LogP contribution >= 0.6 is 0 Å². The molecule has 0 aromatic carbocycles. The molecule has 0 amide bonds. The van der Waals surface area contributed by atoms with Gasteiger partial charge in [0.1, 0.15) is 12.4 Å². The zero-order valence-electron chi connectivity index (χ0n) is 7.52. The average Bonchev–Trinajstić information content (AvgIpc) is 1.98. The van der Waals surface area contributed by atoms with E-state index in [1.54, 1.807) is 6.92 Å². The van der Waals surface area contributed by atoms with E-state index in [2.05, 4.69) is 15.6 Å². The average molecular weight is 208 g/mol. The van der Waals surface area contributed by atoms with Crippen LogP contribution in [0.4, 0.5) is 13.2 Å². The maximum Gasteiger partial charge on any atom is 0.405 e. The highest BCUT2D eigenvalue weighted by Gasteiger charge is 2.28. The van der Waals surface area contributed by atoms with E-state index >= 15 is 0 Å². The van der Waals surface area contributed by atoms with Crippen molar-refractivity contribution < 1.29 is 13.2 Å². The third-order valence-corrected chi connectivity index (χ3v) is 1.45. The summed E-state index contributed by atoms with van der Waals surface area (Å²) in [4.78, 5) is 3.80. The fraction of sp³-hybridized carbons (Fsp3) is 0.571. The number of allylic oxidation sites excluding steroid dienone is 1. The van der Waals surface area contributed by atoms with Crippen LogP contribution in [0.3, 0.4) is 0 Å². The number of rotatable bonds is 2. The SMILES string of the molecule is CC1(N)N=CC=C(NCC(F)(F)F)N1. The summed E-state index contributed by atoms with van der Waals surface area (Å²) in [6.45, 7) is 0.446. The van der Waals surface area contributed by atoms with Gasteiger partial charge in [-0.05, 0) is 13.0 Å². The Kier molecular flexibility index (Phi) is 2.70. The molecular formula is C7H11F3N4. The molecule has 0 fully saturated rings. The van der Waals surface area contributed by atoms with Gasteiger partial charge in [-0.25, -0.2) is 0 Å². The third-order valence-electron chi connectivity index (χ3n) is 1.45. The van der Waals surface area contributed by atoms with Gasteiger partial charge in [0.05, 0.1) is 0 Å². The van der Waals surface area contributed by atoms with Crippen LogP contribution in [0.15, 0.2) is 16.9 Å². The second-order valence-corrected chi connectivity index (χ2v) is 3.10. The van der Waals surface area contributed by atoms with Crippen LogP contribution in [-0.2, 0) is 0 Å². The summed E-state index contributed by atoms with van der Waals surface area (Å²) in [6.07, 6.45) is -1.50. The summed E-state index contributed by atoms with van der Waals surface area (Å²) >= 11 is 0. The normalized spacial score (nSPS) is 26.8. The minimum atomic E-state index is -4.25. The molecule has 0 saturated heterocycles. The van der Waals surface area contributed by atoms with E-state index in [1.165, 1.54) is 12.3 Å². The zero-order valence-corrected chi connectivity index (χ0v) is 7.52. The first-order chi connectivity index (χ1) is 6.29. The molecule has 1 unspecified atom stereocenters. The second kappa shape index (κ2) is 3.49. The van der Waals surface area contributed by atoms with Gasteiger partial charge in [0.15, 0.2) is 5.79 Å². The number of halogens is 3. The minimum Gasteiger partial charge on any atom is -0.363 e. The Morgan fingerprint density at radius 1 is 1.64 bits per heavy atom. The Hall–Kier alpha value is -1.24. The molecule has 0 bridgehead atoms. The number of alkyl halides is 3. The number of hydrogen-bond acceptors (Lipinski definition) is 4. The molecule has 1 atom stereocenters. The van der Waals surface area contributed by atoms with Crippen LogP contribution in [0.25, 0.3) is 0 Å². The van der Waals surface area contributed by atoms with E-state index in [0.29, 0.717) is 0 Å². The van der Waals surface area contributed by atoms with Crippen LogP contribution in [0.5, 0.6) is 0 Å². The Balaban J connectivity index is 2.48. The Morgan fingerprint density at radius 3 is 2.79 bits per heavy atom. The second-order valence-electron chi connectivity index (χ2n) is 3.10. The predicted molar refractivity (Wildman–Crippen MR) is 46.4 cm³/mol. The lowest BCUT2D eigenvalue weighted by Crippen LogP contribution is -2.53. The maximum atomic E-state index is 11.8. The van der Waals surface area contributed by atoms with Crippen molar-refractivity contribution in [2.75, 3.05) is 6.54 Å². The van der Waals surface area contributed by atoms with Crippen LogP contribution < -0.4 is 16.4 Å². The first-order valence-electron chi connectivity index (χ1n) is 3.92. The summed E-state index contributed by atoms with van der Waals surface area (Å²) in [5, 5.41) is 4.77. The van der Waals surface area contributed by atoms with Gasteiger partial charge in [-0.1, -0.05) is 0 Å². The van der Waals surface area contributed by atoms with Crippen molar-refractivity contribution in [1.82, 2.24) is 10.6 Å². The molecule has 1 aliphatic rings. The smallest absolute Gasteiger partial charge is 0.363 e. The zero-order chi connectivity index (χ0) is 10.8. The molecular weight excluding hydrogens is 197 g/mol. The van der Waals surface area contributed by atoms with E-state index in [4.69, 9.17) is 5.73 Å². The fourth-order valence-electron chi connectivity index (χ4n) is 0.912. The summed E-state index contributed by atoms with van der Waals surface area (Å²) in [6, 6.07) is 0. The standard InChI is InChI=1S/C7H11F3N4/c1-6(11)13-3-2-5(14-6)12-4-7(8,9)10/h2-3,12,14H,4,11H2,1H3. The van der Waals surface area contributed by atoms with Crippen molar-refractivity contribution in [3.05, 3.63) is 11.9 Å². The molecule has 14 heavy (non-hydrogen) atoms. The molecule has 0 aromatic rings. The molecule has 0 aliphatic carbocycles. The lowest BCUT2D eigenvalue weighted by atomic mass is 10.3. The molecule has 0 spiro atoms. The van der Waals surface area contributed by atoms with Crippen molar-refractivity contribution in [3.8, 4) is 0 Å². The van der Waals surface area contributed by atoms with Crippen molar-refractivity contribution in [1.29, 1.82) is 0 Å². The first-order valence-corrected chi connectivity index (χ1v) is 3.92. The molecule has 80 valence electrons. The van der Waals surface area contributed by atoms with E-state index in [-0.39, 0.29) is 5.82 Å². The molecule has 4 nitrogen and oxygen atoms in total. The van der Waals surface area contributed by atoms with Gasteiger partial charge in [-0.3, -0.25) is 10.7 Å². The molecule has 4 N–H and O–H groups in total.